The molecule has 0 spiro atoms. The molecule has 1 amide bonds. The third-order valence-corrected chi connectivity index (χ3v) is 2.82. The van der Waals surface area contributed by atoms with Crippen molar-refractivity contribution in [3.63, 3.8) is 0 Å². The van der Waals surface area contributed by atoms with Crippen molar-refractivity contribution in [3.05, 3.63) is 0 Å². The monoisotopic (exact) mass is 250 g/mol. The Balaban J connectivity index is 2.05. The lowest BCUT2D eigenvalue weighted by Gasteiger charge is -2.26. The molecule has 0 bridgehead atoms. The summed E-state index contributed by atoms with van der Waals surface area (Å²) in [7, 11) is 0. The van der Waals surface area contributed by atoms with Crippen LogP contribution >= 0.6 is 0 Å². The summed E-state index contributed by atoms with van der Waals surface area (Å²) in [5.41, 5.74) is 0. The summed E-state index contributed by atoms with van der Waals surface area (Å²) < 4.78 is 28.1. The molecule has 4 nitrogen and oxygen atoms in total. The molecule has 17 heavy (non-hydrogen) atoms. The van der Waals surface area contributed by atoms with Crippen LogP contribution in [0.15, 0.2) is 0 Å². The first-order valence-electron chi connectivity index (χ1n) is 5.96. The highest BCUT2D eigenvalue weighted by molar-refractivity contribution is 5.78. The fourth-order valence-electron chi connectivity index (χ4n) is 1.79. The predicted molar refractivity (Wildman–Crippen MR) is 60.0 cm³/mol. The zero-order chi connectivity index (χ0) is 12.7. The molecule has 1 heterocycles. The van der Waals surface area contributed by atoms with Crippen LogP contribution in [0, 0.1) is 5.92 Å². The first kappa shape index (κ1) is 14.3. The van der Waals surface area contributed by atoms with Crippen LogP contribution in [0.5, 0.6) is 0 Å². The first-order chi connectivity index (χ1) is 8.09. The van der Waals surface area contributed by atoms with Crippen LogP contribution in [0.4, 0.5) is 8.78 Å². The maximum absolute atomic E-state index is 11.7. The lowest BCUT2D eigenvalue weighted by Crippen LogP contribution is -2.44. The van der Waals surface area contributed by atoms with Crippen molar-refractivity contribution in [3.8, 4) is 0 Å². The molecule has 0 saturated carbocycles. The van der Waals surface area contributed by atoms with Crippen LogP contribution in [-0.4, -0.2) is 44.7 Å². The lowest BCUT2D eigenvalue weighted by molar-refractivity contribution is -0.125. The molecule has 0 aromatic carbocycles. The van der Waals surface area contributed by atoms with Gasteiger partial charge < -0.3 is 15.4 Å². The van der Waals surface area contributed by atoms with E-state index in [0.717, 1.165) is 12.8 Å². The molecule has 1 aliphatic rings. The average Bonchev–Trinajstić information content (AvgIpc) is 2.29. The smallest absolute Gasteiger partial charge is 0.261 e. The number of hydrogen-bond donors (Lipinski definition) is 2. The van der Waals surface area contributed by atoms with E-state index in [1.54, 1.807) is 0 Å². The van der Waals surface area contributed by atoms with E-state index >= 15 is 0 Å². The van der Waals surface area contributed by atoms with E-state index in [-0.39, 0.29) is 25.0 Å². The van der Waals surface area contributed by atoms with Crippen molar-refractivity contribution in [2.24, 2.45) is 5.92 Å². The maximum Gasteiger partial charge on any atom is 0.261 e. The number of ether oxygens (including phenoxy) is 1. The van der Waals surface area contributed by atoms with E-state index in [0.29, 0.717) is 12.6 Å². The number of rotatable bonds is 6. The highest BCUT2D eigenvalue weighted by Crippen LogP contribution is 2.13. The lowest BCUT2D eigenvalue weighted by atomic mass is 9.95. The fourth-order valence-corrected chi connectivity index (χ4v) is 1.79. The van der Waals surface area contributed by atoms with Gasteiger partial charge in [0.15, 0.2) is 0 Å². The van der Waals surface area contributed by atoms with Gasteiger partial charge in [0.1, 0.15) is 6.61 Å². The Morgan fingerprint density at radius 2 is 2.29 bits per heavy atom. The molecule has 6 heteroatoms. The molecule has 2 N–H and O–H groups in total. The Kier molecular flexibility index (Phi) is 6.36. The number of amides is 1. The van der Waals surface area contributed by atoms with E-state index in [1.807, 2.05) is 0 Å². The maximum atomic E-state index is 11.7. The second-order valence-electron chi connectivity index (χ2n) is 4.34. The van der Waals surface area contributed by atoms with Crippen molar-refractivity contribution in [1.82, 2.24) is 10.6 Å². The van der Waals surface area contributed by atoms with Gasteiger partial charge in [-0.3, -0.25) is 4.79 Å². The summed E-state index contributed by atoms with van der Waals surface area (Å²) in [6, 6.07) is 0.466. The zero-order valence-electron chi connectivity index (χ0n) is 10.0. The van der Waals surface area contributed by atoms with E-state index < -0.39 is 13.0 Å². The Labute approximate surface area is 100 Å². The van der Waals surface area contributed by atoms with Crippen LogP contribution in [0.3, 0.4) is 0 Å². The minimum absolute atomic E-state index is 0.0127. The molecule has 2 atom stereocenters. The molecule has 0 aliphatic carbocycles. The Morgan fingerprint density at radius 1 is 1.53 bits per heavy atom. The molecule has 1 aliphatic heterocycles. The zero-order valence-corrected chi connectivity index (χ0v) is 10.0. The van der Waals surface area contributed by atoms with Gasteiger partial charge in [-0.05, 0) is 19.8 Å². The van der Waals surface area contributed by atoms with Crippen LogP contribution in [0.25, 0.3) is 0 Å². The van der Waals surface area contributed by atoms with E-state index in [2.05, 4.69) is 22.3 Å². The van der Waals surface area contributed by atoms with Gasteiger partial charge >= 0.3 is 0 Å². The van der Waals surface area contributed by atoms with E-state index in [4.69, 9.17) is 0 Å². The van der Waals surface area contributed by atoms with Crippen molar-refractivity contribution in [2.75, 3.05) is 26.3 Å². The molecule has 100 valence electrons. The van der Waals surface area contributed by atoms with Crippen LogP contribution in [0.2, 0.25) is 0 Å². The number of carbonyl (C=O) groups excluding carboxylic acids is 1. The molecule has 2 unspecified atom stereocenters. The highest BCUT2D eigenvalue weighted by Gasteiger charge is 2.23. The molecule has 0 aromatic heterocycles. The third-order valence-electron chi connectivity index (χ3n) is 2.82. The number of hydrogen-bond acceptors (Lipinski definition) is 3. The SMILES string of the molecule is CC1CCC(C(=O)NCCOCC(F)F)CN1. The summed E-state index contributed by atoms with van der Waals surface area (Å²) >= 11 is 0. The summed E-state index contributed by atoms with van der Waals surface area (Å²) in [6.07, 6.45) is -0.590. The summed E-state index contributed by atoms with van der Waals surface area (Å²) in [5.74, 6) is -0.0358. The van der Waals surface area contributed by atoms with E-state index in [9.17, 15) is 13.6 Å². The Hall–Kier alpha value is -0.750. The number of nitrogens with one attached hydrogen (secondary N) is 2. The largest absolute Gasteiger partial charge is 0.374 e. The normalized spacial score (nSPS) is 24.9. The molecule has 0 aromatic rings. The molecule has 0 radical (unpaired) electrons. The van der Waals surface area contributed by atoms with Crippen LogP contribution in [0.1, 0.15) is 19.8 Å². The van der Waals surface area contributed by atoms with Crippen LogP contribution < -0.4 is 10.6 Å². The summed E-state index contributed by atoms with van der Waals surface area (Å²) in [5, 5.41) is 5.93. The van der Waals surface area contributed by atoms with Crippen molar-refractivity contribution in [2.45, 2.75) is 32.2 Å². The molecule has 1 saturated heterocycles. The van der Waals surface area contributed by atoms with Gasteiger partial charge in [-0.2, -0.15) is 0 Å². The summed E-state index contributed by atoms with van der Waals surface area (Å²) in [4.78, 5) is 11.6. The minimum Gasteiger partial charge on any atom is -0.374 e. The number of alkyl halides is 2. The van der Waals surface area contributed by atoms with Crippen molar-refractivity contribution in [1.29, 1.82) is 0 Å². The van der Waals surface area contributed by atoms with Crippen molar-refractivity contribution < 1.29 is 18.3 Å². The Bertz CT molecular complexity index is 232. The van der Waals surface area contributed by atoms with Crippen molar-refractivity contribution >= 4 is 5.91 Å². The van der Waals surface area contributed by atoms with Gasteiger partial charge in [0.05, 0.1) is 12.5 Å². The molecular weight excluding hydrogens is 230 g/mol. The van der Waals surface area contributed by atoms with Gasteiger partial charge in [0.2, 0.25) is 5.91 Å². The standard InChI is InChI=1S/C11H20F2N2O2/c1-8-2-3-9(6-15-8)11(16)14-4-5-17-7-10(12)13/h8-10,15H,2-7H2,1H3,(H,14,16). The molecule has 1 rings (SSSR count). The third kappa shape index (κ3) is 5.93. The first-order valence-corrected chi connectivity index (χ1v) is 5.96. The second kappa shape index (κ2) is 7.55. The number of piperidine rings is 1. The highest BCUT2D eigenvalue weighted by atomic mass is 19.3. The predicted octanol–water partition coefficient (Wildman–Crippen LogP) is 0.772. The second-order valence-corrected chi connectivity index (χ2v) is 4.34. The van der Waals surface area contributed by atoms with Crippen LogP contribution in [-0.2, 0) is 9.53 Å². The number of carbonyl (C=O) groups is 1. The minimum atomic E-state index is -2.45. The quantitative estimate of drug-likeness (QED) is 0.685. The molecular formula is C11H20F2N2O2. The van der Waals surface area contributed by atoms with Gasteiger partial charge in [-0.15, -0.1) is 0 Å². The van der Waals surface area contributed by atoms with Gasteiger partial charge in [0, 0.05) is 19.1 Å². The summed E-state index contributed by atoms with van der Waals surface area (Å²) in [6.45, 7) is 2.62. The molecule has 1 fully saturated rings. The number of halogens is 2. The van der Waals surface area contributed by atoms with Gasteiger partial charge in [0.25, 0.3) is 6.43 Å². The average molecular weight is 250 g/mol. The van der Waals surface area contributed by atoms with Gasteiger partial charge in [-0.25, -0.2) is 8.78 Å². The van der Waals surface area contributed by atoms with Gasteiger partial charge in [-0.1, -0.05) is 0 Å². The van der Waals surface area contributed by atoms with E-state index in [1.165, 1.54) is 0 Å². The Morgan fingerprint density at radius 3 is 2.88 bits per heavy atom. The topological polar surface area (TPSA) is 50.4 Å². The fraction of sp³-hybridized carbons (Fsp3) is 0.909.